The average Bonchev–Trinajstić information content (AvgIpc) is 2.45. The molecule has 0 spiro atoms. The van der Waals surface area contributed by atoms with E-state index in [4.69, 9.17) is 0 Å². The summed E-state index contributed by atoms with van der Waals surface area (Å²) in [6.45, 7) is 0. The average molecular weight is 276 g/mol. The first-order chi connectivity index (χ1) is 9.59. The van der Waals surface area contributed by atoms with Crippen molar-refractivity contribution in [1.29, 1.82) is 0 Å². The topological polar surface area (TPSA) is 97.2 Å². The van der Waals surface area contributed by atoms with Crippen molar-refractivity contribution in [2.75, 3.05) is 5.43 Å². The van der Waals surface area contributed by atoms with E-state index >= 15 is 0 Å². The Morgan fingerprint density at radius 1 is 1.30 bits per heavy atom. The number of rotatable bonds is 4. The van der Waals surface area contributed by atoms with Crippen molar-refractivity contribution in [3.8, 4) is 0 Å². The van der Waals surface area contributed by atoms with Crippen LogP contribution >= 0.6 is 0 Å². The normalized spacial score (nSPS) is 9.85. The number of amides is 1. The third-order valence-electron chi connectivity index (χ3n) is 2.40. The van der Waals surface area contributed by atoms with Gasteiger partial charge in [0.05, 0.1) is 16.8 Å². The van der Waals surface area contributed by atoms with Gasteiger partial charge in [0.15, 0.2) is 5.56 Å². The van der Waals surface area contributed by atoms with Crippen molar-refractivity contribution in [2.45, 2.75) is 0 Å². The number of nitrogens with one attached hydrogen (secondary N) is 2. The summed E-state index contributed by atoms with van der Waals surface area (Å²) >= 11 is 0. The number of nitro groups is 1. The minimum absolute atomic E-state index is 0.458. The molecular formula is C12H9FN4O3. The molecule has 2 N–H and O–H groups in total. The molecule has 0 aliphatic rings. The second-order valence-corrected chi connectivity index (χ2v) is 3.71. The number of hydrazine groups is 1. The predicted octanol–water partition coefficient (Wildman–Crippen LogP) is 1.89. The van der Waals surface area contributed by atoms with Crippen LogP contribution < -0.4 is 10.9 Å². The number of hydrogen-bond donors (Lipinski definition) is 2. The number of hydrogen-bond acceptors (Lipinski definition) is 5. The molecule has 0 aliphatic heterocycles. The van der Waals surface area contributed by atoms with Crippen LogP contribution in [-0.2, 0) is 0 Å². The van der Waals surface area contributed by atoms with E-state index in [0.717, 1.165) is 12.1 Å². The van der Waals surface area contributed by atoms with Gasteiger partial charge in [0.2, 0.25) is 0 Å². The molecule has 0 bridgehead atoms. The Kier molecular flexibility index (Phi) is 3.85. The number of nitrogens with zero attached hydrogens (tertiary/aromatic N) is 2. The van der Waals surface area contributed by atoms with Gasteiger partial charge in [-0.1, -0.05) is 6.07 Å². The van der Waals surface area contributed by atoms with E-state index in [1.54, 1.807) is 12.1 Å². The lowest BCUT2D eigenvalue weighted by Crippen LogP contribution is -2.30. The van der Waals surface area contributed by atoms with E-state index in [1.807, 2.05) is 0 Å². The zero-order valence-electron chi connectivity index (χ0n) is 10.0. The van der Waals surface area contributed by atoms with E-state index in [9.17, 15) is 19.3 Å². The molecule has 0 fully saturated rings. The number of carbonyl (C=O) groups is 1. The molecule has 1 heterocycles. The summed E-state index contributed by atoms with van der Waals surface area (Å²) in [7, 11) is 0. The van der Waals surface area contributed by atoms with Gasteiger partial charge in [-0.25, -0.2) is 4.39 Å². The maximum Gasteiger partial charge on any atom is 0.285 e. The number of anilines is 1. The van der Waals surface area contributed by atoms with Gasteiger partial charge in [-0.15, -0.1) is 0 Å². The number of benzene rings is 1. The molecule has 8 heteroatoms. The lowest BCUT2D eigenvalue weighted by atomic mass is 10.1. The van der Waals surface area contributed by atoms with Crippen LogP contribution in [0.25, 0.3) is 0 Å². The van der Waals surface area contributed by atoms with Crippen LogP contribution in [0.4, 0.5) is 15.8 Å². The Morgan fingerprint density at radius 2 is 2.10 bits per heavy atom. The van der Waals surface area contributed by atoms with Crippen LogP contribution in [-0.4, -0.2) is 15.8 Å². The third kappa shape index (κ3) is 2.86. The van der Waals surface area contributed by atoms with Crippen LogP contribution in [0.3, 0.4) is 0 Å². The second kappa shape index (κ2) is 5.74. The fourth-order valence-electron chi connectivity index (χ4n) is 1.52. The second-order valence-electron chi connectivity index (χ2n) is 3.71. The maximum atomic E-state index is 13.6. The Bertz CT molecular complexity index is 648. The SMILES string of the molecule is O=C(NNc1cccnc1)c1c(F)cccc1[N+](=O)[O-]. The smallest absolute Gasteiger partial charge is 0.285 e. The highest BCUT2D eigenvalue weighted by Gasteiger charge is 2.24. The minimum atomic E-state index is -0.968. The van der Waals surface area contributed by atoms with Gasteiger partial charge in [0.1, 0.15) is 5.82 Å². The van der Waals surface area contributed by atoms with Crippen LogP contribution in [0.5, 0.6) is 0 Å². The maximum absolute atomic E-state index is 13.6. The van der Waals surface area contributed by atoms with Crippen molar-refractivity contribution in [3.63, 3.8) is 0 Å². The largest absolute Gasteiger partial charge is 0.297 e. The lowest BCUT2D eigenvalue weighted by Gasteiger charge is -2.08. The fraction of sp³-hybridized carbons (Fsp3) is 0. The summed E-state index contributed by atoms with van der Waals surface area (Å²) < 4.78 is 13.6. The summed E-state index contributed by atoms with van der Waals surface area (Å²) in [6, 6.07) is 6.44. The Labute approximate surface area is 112 Å². The number of nitro benzene ring substituents is 1. The Balaban J connectivity index is 2.19. The van der Waals surface area contributed by atoms with Gasteiger partial charge >= 0.3 is 0 Å². The van der Waals surface area contributed by atoms with Crippen molar-refractivity contribution < 1.29 is 14.1 Å². The molecule has 0 aliphatic carbocycles. The summed E-state index contributed by atoms with van der Waals surface area (Å²) in [5.41, 5.74) is 3.89. The van der Waals surface area contributed by atoms with E-state index in [-0.39, 0.29) is 0 Å². The molecule has 1 aromatic heterocycles. The first kappa shape index (κ1) is 13.4. The minimum Gasteiger partial charge on any atom is -0.297 e. The molecule has 0 atom stereocenters. The van der Waals surface area contributed by atoms with Gasteiger partial charge in [-0.05, 0) is 18.2 Å². The highest BCUT2D eigenvalue weighted by Crippen LogP contribution is 2.21. The van der Waals surface area contributed by atoms with Crippen molar-refractivity contribution in [1.82, 2.24) is 10.4 Å². The monoisotopic (exact) mass is 276 g/mol. The van der Waals surface area contributed by atoms with Gasteiger partial charge in [0, 0.05) is 12.3 Å². The number of halogens is 1. The molecule has 7 nitrogen and oxygen atoms in total. The van der Waals surface area contributed by atoms with Crippen molar-refractivity contribution in [2.24, 2.45) is 0 Å². The van der Waals surface area contributed by atoms with E-state index in [1.165, 1.54) is 18.5 Å². The molecule has 20 heavy (non-hydrogen) atoms. The summed E-state index contributed by atoms with van der Waals surface area (Å²) in [4.78, 5) is 25.6. The lowest BCUT2D eigenvalue weighted by molar-refractivity contribution is -0.385. The highest BCUT2D eigenvalue weighted by atomic mass is 19.1. The van der Waals surface area contributed by atoms with Crippen molar-refractivity contribution >= 4 is 17.3 Å². The first-order valence-electron chi connectivity index (χ1n) is 5.49. The third-order valence-corrected chi connectivity index (χ3v) is 2.40. The molecule has 102 valence electrons. The number of pyridine rings is 1. The van der Waals surface area contributed by atoms with Crippen molar-refractivity contribution in [3.05, 3.63) is 64.2 Å². The van der Waals surface area contributed by atoms with E-state index in [0.29, 0.717) is 5.69 Å². The van der Waals surface area contributed by atoms with Crippen LogP contribution in [0.2, 0.25) is 0 Å². The summed E-state index contributed by atoms with van der Waals surface area (Å²) in [5.74, 6) is -1.91. The van der Waals surface area contributed by atoms with Crippen LogP contribution in [0.15, 0.2) is 42.7 Å². The molecule has 0 unspecified atom stereocenters. The molecule has 2 rings (SSSR count). The predicted molar refractivity (Wildman–Crippen MR) is 68.4 cm³/mol. The molecule has 0 saturated heterocycles. The highest BCUT2D eigenvalue weighted by molar-refractivity contribution is 5.98. The number of aromatic nitrogens is 1. The van der Waals surface area contributed by atoms with Crippen LogP contribution in [0.1, 0.15) is 10.4 Å². The first-order valence-corrected chi connectivity index (χ1v) is 5.49. The summed E-state index contributed by atoms with van der Waals surface area (Å²) in [6.07, 6.45) is 2.96. The standard InChI is InChI=1S/C12H9FN4O3/c13-9-4-1-5-10(17(19)20)11(9)12(18)16-15-8-3-2-6-14-7-8/h1-7,15H,(H,16,18). The fourth-order valence-corrected chi connectivity index (χ4v) is 1.52. The summed E-state index contributed by atoms with van der Waals surface area (Å²) in [5, 5.41) is 10.8. The molecule has 2 aromatic rings. The Morgan fingerprint density at radius 3 is 2.75 bits per heavy atom. The molecule has 0 radical (unpaired) electrons. The quantitative estimate of drug-likeness (QED) is 0.656. The molecule has 0 saturated carbocycles. The van der Waals surface area contributed by atoms with Gasteiger partial charge in [0.25, 0.3) is 11.6 Å². The van der Waals surface area contributed by atoms with Gasteiger partial charge in [-0.2, -0.15) is 0 Å². The zero-order chi connectivity index (χ0) is 14.5. The van der Waals surface area contributed by atoms with Gasteiger partial charge in [-0.3, -0.25) is 30.7 Å². The zero-order valence-corrected chi connectivity index (χ0v) is 10.0. The molecular weight excluding hydrogens is 267 g/mol. The number of carbonyl (C=O) groups excluding carboxylic acids is 1. The van der Waals surface area contributed by atoms with Crippen LogP contribution in [0, 0.1) is 15.9 Å². The molecule has 1 amide bonds. The van der Waals surface area contributed by atoms with Gasteiger partial charge < -0.3 is 0 Å². The van der Waals surface area contributed by atoms with E-state index < -0.39 is 27.9 Å². The molecule has 1 aromatic carbocycles. The Hall–Kier alpha value is -3.03. The van der Waals surface area contributed by atoms with E-state index in [2.05, 4.69) is 15.8 Å².